The van der Waals surface area contributed by atoms with Crippen LogP contribution >= 0.6 is 0 Å². The molecule has 0 saturated carbocycles. The van der Waals surface area contributed by atoms with E-state index >= 15 is 0 Å². The van der Waals surface area contributed by atoms with Gasteiger partial charge in [0, 0.05) is 25.1 Å². The van der Waals surface area contributed by atoms with Gasteiger partial charge in [0.15, 0.2) is 0 Å². The largest absolute Gasteiger partial charge is 0.497 e. The summed E-state index contributed by atoms with van der Waals surface area (Å²) in [5.74, 6) is -0.156. The SMILES string of the molecule is COc1ccc(N(CC(=O)N(Cc2ccc(C)cc2)C(Cc2ccccc2)C(=O)NC(C)C)S(C)(=O)=O)c(OC)c1. The van der Waals surface area contributed by atoms with Crippen LogP contribution in [0, 0.1) is 6.92 Å². The molecule has 0 heterocycles. The number of anilines is 1. The molecule has 3 aromatic carbocycles. The van der Waals surface area contributed by atoms with Gasteiger partial charge in [-0.3, -0.25) is 13.9 Å². The van der Waals surface area contributed by atoms with Crippen molar-refractivity contribution in [3.05, 3.63) is 89.5 Å². The molecule has 220 valence electrons. The number of nitrogens with one attached hydrogen (secondary N) is 1. The van der Waals surface area contributed by atoms with Gasteiger partial charge in [0.05, 0.1) is 26.2 Å². The number of nitrogens with zero attached hydrogens (tertiary/aromatic N) is 2. The average molecular weight is 582 g/mol. The first-order chi connectivity index (χ1) is 19.4. The summed E-state index contributed by atoms with van der Waals surface area (Å²) < 4.78 is 37.8. The Morgan fingerprint density at radius 1 is 0.902 bits per heavy atom. The first-order valence-electron chi connectivity index (χ1n) is 13.3. The maximum atomic E-state index is 14.2. The first kappa shape index (κ1) is 31.5. The number of sulfonamides is 1. The summed E-state index contributed by atoms with van der Waals surface area (Å²) in [5, 5.41) is 2.94. The van der Waals surface area contributed by atoms with E-state index in [2.05, 4.69) is 5.32 Å². The molecule has 0 aliphatic rings. The van der Waals surface area contributed by atoms with E-state index in [1.54, 1.807) is 12.1 Å². The van der Waals surface area contributed by atoms with Crippen LogP contribution in [0.4, 0.5) is 5.69 Å². The number of benzene rings is 3. The second-order valence-electron chi connectivity index (χ2n) is 10.2. The lowest BCUT2D eigenvalue weighted by molar-refractivity contribution is -0.140. The van der Waals surface area contributed by atoms with Crippen LogP contribution in [0.3, 0.4) is 0 Å². The van der Waals surface area contributed by atoms with Gasteiger partial charge >= 0.3 is 0 Å². The molecule has 0 radical (unpaired) electrons. The van der Waals surface area contributed by atoms with Crippen molar-refractivity contribution < 1.29 is 27.5 Å². The standard InChI is InChI=1S/C31H39N3O6S/c1-22(2)32-31(36)28(18-24-10-8-7-9-11-24)33(20-25-14-12-23(3)13-15-25)30(35)21-34(41(6,37)38)27-17-16-26(39-4)19-29(27)40-5/h7-17,19,22,28H,18,20-21H2,1-6H3,(H,32,36). The summed E-state index contributed by atoms with van der Waals surface area (Å²) in [6, 6.07) is 20.7. The normalized spacial score (nSPS) is 12.0. The summed E-state index contributed by atoms with van der Waals surface area (Å²) in [5.41, 5.74) is 2.92. The molecule has 10 heteroatoms. The van der Waals surface area contributed by atoms with E-state index in [0.717, 1.165) is 27.3 Å². The van der Waals surface area contributed by atoms with Gasteiger partial charge in [-0.05, 0) is 44.0 Å². The third-order valence-electron chi connectivity index (χ3n) is 6.51. The van der Waals surface area contributed by atoms with Gasteiger partial charge in [0.25, 0.3) is 0 Å². The molecule has 0 aliphatic carbocycles. The van der Waals surface area contributed by atoms with Gasteiger partial charge in [-0.2, -0.15) is 0 Å². The molecule has 3 aromatic rings. The van der Waals surface area contributed by atoms with Crippen LogP contribution in [-0.2, 0) is 32.6 Å². The number of aryl methyl sites for hydroxylation is 1. The molecular formula is C31H39N3O6S. The zero-order chi connectivity index (χ0) is 30.2. The summed E-state index contributed by atoms with van der Waals surface area (Å²) in [7, 11) is -1.03. The zero-order valence-corrected chi connectivity index (χ0v) is 25.3. The van der Waals surface area contributed by atoms with Crippen molar-refractivity contribution in [3.63, 3.8) is 0 Å². The van der Waals surface area contributed by atoms with Gasteiger partial charge < -0.3 is 19.7 Å². The molecule has 0 aromatic heterocycles. The number of methoxy groups -OCH3 is 2. The van der Waals surface area contributed by atoms with Gasteiger partial charge in [-0.1, -0.05) is 60.2 Å². The highest BCUT2D eigenvalue weighted by molar-refractivity contribution is 7.92. The fourth-order valence-electron chi connectivity index (χ4n) is 4.41. The second-order valence-corrected chi connectivity index (χ2v) is 12.1. The number of hydrogen-bond acceptors (Lipinski definition) is 6. The Morgan fingerprint density at radius 3 is 2.12 bits per heavy atom. The van der Waals surface area contributed by atoms with Crippen LogP contribution in [0.15, 0.2) is 72.8 Å². The maximum absolute atomic E-state index is 14.2. The number of carbonyl (C=O) groups excluding carboxylic acids is 2. The number of ether oxygens (including phenoxy) is 2. The highest BCUT2D eigenvalue weighted by Gasteiger charge is 2.34. The zero-order valence-electron chi connectivity index (χ0n) is 24.5. The Bertz CT molecular complexity index is 1430. The van der Waals surface area contributed by atoms with Crippen molar-refractivity contribution in [3.8, 4) is 11.5 Å². The quantitative estimate of drug-likeness (QED) is 0.328. The van der Waals surface area contributed by atoms with Gasteiger partial charge in [-0.15, -0.1) is 0 Å². The van der Waals surface area contributed by atoms with Crippen molar-refractivity contribution in [1.29, 1.82) is 0 Å². The topological polar surface area (TPSA) is 105 Å². The van der Waals surface area contributed by atoms with Crippen LogP contribution in [-0.4, -0.2) is 64.2 Å². The van der Waals surface area contributed by atoms with E-state index in [9.17, 15) is 18.0 Å². The van der Waals surface area contributed by atoms with E-state index < -0.39 is 28.5 Å². The lowest BCUT2D eigenvalue weighted by Crippen LogP contribution is -2.54. The fourth-order valence-corrected chi connectivity index (χ4v) is 5.26. The highest BCUT2D eigenvalue weighted by atomic mass is 32.2. The smallest absolute Gasteiger partial charge is 0.244 e. The molecule has 1 N–H and O–H groups in total. The van der Waals surface area contributed by atoms with Crippen molar-refractivity contribution in [2.75, 3.05) is 31.3 Å². The number of carbonyl (C=O) groups is 2. The van der Waals surface area contributed by atoms with Crippen LogP contribution in [0.1, 0.15) is 30.5 Å². The minimum absolute atomic E-state index is 0.111. The summed E-state index contributed by atoms with van der Waals surface area (Å²) in [6.45, 7) is 5.25. The number of hydrogen-bond donors (Lipinski definition) is 1. The maximum Gasteiger partial charge on any atom is 0.244 e. The molecule has 1 atom stereocenters. The third kappa shape index (κ3) is 8.72. The van der Waals surface area contributed by atoms with E-state index in [1.165, 1.54) is 25.2 Å². The summed E-state index contributed by atoms with van der Waals surface area (Å²) in [6.07, 6.45) is 1.28. The first-order valence-corrected chi connectivity index (χ1v) is 15.2. The molecule has 0 aliphatic heterocycles. The van der Waals surface area contributed by atoms with Crippen LogP contribution in [0.25, 0.3) is 0 Å². The summed E-state index contributed by atoms with van der Waals surface area (Å²) >= 11 is 0. The lowest BCUT2D eigenvalue weighted by Gasteiger charge is -2.34. The minimum Gasteiger partial charge on any atom is -0.497 e. The Morgan fingerprint density at radius 2 is 1.56 bits per heavy atom. The van der Waals surface area contributed by atoms with E-state index in [4.69, 9.17) is 9.47 Å². The molecule has 0 bridgehead atoms. The van der Waals surface area contributed by atoms with E-state index in [0.29, 0.717) is 5.75 Å². The molecule has 0 fully saturated rings. The number of rotatable bonds is 13. The average Bonchev–Trinajstić information content (AvgIpc) is 2.93. The Labute approximate surface area is 243 Å². The molecule has 41 heavy (non-hydrogen) atoms. The molecule has 0 spiro atoms. The van der Waals surface area contributed by atoms with Crippen molar-refractivity contribution in [2.24, 2.45) is 0 Å². The van der Waals surface area contributed by atoms with Crippen molar-refractivity contribution in [2.45, 2.75) is 45.8 Å². The minimum atomic E-state index is -3.94. The van der Waals surface area contributed by atoms with E-state index in [1.807, 2.05) is 75.4 Å². The molecular weight excluding hydrogens is 542 g/mol. The fraction of sp³-hybridized carbons (Fsp3) is 0.355. The monoisotopic (exact) mass is 581 g/mol. The van der Waals surface area contributed by atoms with Gasteiger partial charge in [0.1, 0.15) is 24.1 Å². The molecule has 0 saturated heterocycles. The van der Waals surface area contributed by atoms with Gasteiger partial charge in [0.2, 0.25) is 21.8 Å². The Hall–Kier alpha value is -4.05. The second kappa shape index (κ2) is 14.0. The Kier molecular flexibility index (Phi) is 10.8. The van der Waals surface area contributed by atoms with E-state index in [-0.39, 0.29) is 36.4 Å². The van der Waals surface area contributed by atoms with Crippen LogP contribution in [0.2, 0.25) is 0 Å². The van der Waals surface area contributed by atoms with Crippen molar-refractivity contribution in [1.82, 2.24) is 10.2 Å². The predicted molar refractivity (Wildman–Crippen MR) is 161 cm³/mol. The van der Waals surface area contributed by atoms with Crippen LogP contribution in [0.5, 0.6) is 11.5 Å². The molecule has 1 unspecified atom stereocenters. The van der Waals surface area contributed by atoms with Crippen molar-refractivity contribution >= 4 is 27.5 Å². The highest BCUT2D eigenvalue weighted by Crippen LogP contribution is 2.33. The Balaban J connectivity index is 2.08. The van der Waals surface area contributed by atoms with Gasteiger partial charge in [-0.25, -0.2) is 8.42 Å². The molecule has 2 amide bonds. The third-order valence-corrected chi connectivity index (χ3v) is 7.64. The number of amides is 2. The predicted octanol–water partition coefficient (Wildman–Crippen LogP) is 3.94. The lowest BCUT2D eigenvalue weighted by atomic mass is 10.0. The molecule has 3 rings (SSSR count). The molecule has 9 nitrogen and oxygen atoms in total. The van der Waals surface area contributed by atoms with Crippen LogP contribution < -0.4 is 19.1 Å². The summed E-state index contributed by atoms with van der Waals surface area (Å²) in [4.78, 5) is 29.2.